The molecule has 1 aliphatic heterocycles. The van der Waals surface area contributed by atoms with Gasteiger partial charge in [0.15, 0.2) is 0 Å². The summed E-state index contributed by atoms with van der Waals surface area (Å²) in [5, 5.41) is 3.15. The van der Waals surface area contributed by atoms with E-state index in [0.29, 0.717) is 17.9 Å². The zero-order chi connectivity index (χ0) is 10.1. The van der Waals surface area contributed by atoms with Gasteiger partial charge < -0.3 is 5.32 Å². The van der Waals surface area contributed by atoms with Gasteiger partial charge in [0.05, 0.1) is 0 Å². The Bertz CT molecular complexity index is 220. The van der Waals surface area contributed by atoms with E-state index in [9.17, 15) is 4.79 Å². The van der Waals surface area contributed by atoms with Gasteiger partial charge >= 0.3 is 0 Å². The van der Waals surface area contributed by atoms with Gasteiger partial charge in [0.1, 0.15) is 0 Å². The van der Waals surface area contributed by atoms with Gasteiger partial charge in [0, 0.05) is 12.5 Å². The lowest BCUT2D eigenvalue weighted by Gasteiger charge is -2.34. The molecular weight excluding hydrogens is 174 g/mol. The number of hydrogen-bond acceptors (Lipinski definition) is 1. The Balaban J connectivity index is 1.94. The van der Waals surface area contributed by atoms with Crippen molar-refractivity contribution in [1.82, 2.24) is 5.32 Å². The summed E-state index contributed by atoms with van der Waals surface area (Å²) in [6.07, 6.45) is 6.04. The Morgan fingerprint density at radius 1 is 1.43 bits per heavy atom. The molecule has 2 unspecified atom stereocenters. The van der Waals surface area contributed by atoms with Crippen LogP contribution in [-0.2, 0) is 4.79 Å². The highest BCUT2D eigenvalue weighted by Gasteiger charge is 2.39. The molecule has 2 fully saturated rings. The fourth-order valence-electron chi connectivity index (χ4n) is 2.83. The molecule has 0 aromatic heterocycles. The van der Waals surface area contributed by atoms with Gasteiger partial charge in [0.2, 0.25) is 5.91 Å². The predicted molar refractivity (Wildman–Crippen MR) is 56.8 cm³/mol. The van der Waals surface area contributed by atoms with E-state index in [1.54, 1.807) is 0 Å². The first kappa shape index (κ1) is 10.0. The highest BCUT2D eigenvalue weighted by molar-refractivity contribution is 5.79. The van der Waals surface area contributed by atoms with Crippen LogP contribution in [0.25, 0.3) is 0 Å². The number of carbonyl (C=O) groups excluding carboxylic acids is 1. The molecule has 2 aliphatic rings. The van der Waals surface area contributed by atoms with Crippen molar-refractivity contribution < 1.29 is 4.79 Å². The summed E-state index contributed by atoms with van der Waals surface area (Å²) in [4.78, 5) is 11.4. The Morgan fingerprint density at radius 2 is 2.14 bits per heavy atom. The average Bonchev–Trinajstić information content (AvgIpc) is 2.26. The van der Waals surface area contributed by atoms with E-state index in [2.05, 4.69) is 19.2 Å². The lowest BCUT2D eigenvalue weighted by atomic mass is 9.72. The molecule has 14 heavy (non-hydrogen) atoms. The number of carbonyl (C=O) groups is 1. The van der Waals surface area contributed by atoms with Crippen LogP contribution >= 0.6 is 0 Å². The molecule has 2 heteroatoms. The summed E-state index contributed by atoms with van der Waals surface area (Å²) in [6, 6.07) is 0.479. The van der Waals surface area contributed by atoms with Gasteiger partial charge in [-0.3, -0.25) is 4.79 Å². The summed E-state index contributed by atoms with van der Waals surface area (Å²) < 4.78 is 0. The van der Waals surface area contributed by atoms with Gasteiger partial charge in [-0.1, -0.05) is 33.1 Å². The first-order valence-corrected chi connectivity index (χ1v) is 5.96. The predicted octanol–water partition coefficient (Wildman–Crippen LogP) is 2.34. The fourth-order valence-corrected chi connectivity index (χ4v) is 2.83. The van der Waals surface area contributed by atoms with Gasteiger partial charge in [-0.25, -0.2) is 0 Å². The van der Waals surface area contributed by atoms with E-state index in [0.717, 1.165) is 18.8 Å². The molecule has 2 atom stereocenters. The maximum Gasteiger partial charge on any atom is 0.220 e. The Kier molecular flexibility index (Phi) is 2.80. The normalized spacial score (nSPS) is 33.2. The van der Waals surface area contributed by atoms with E-state index < -0.39 is 0 Å². The van der Waals surface area contributed by atoms with Crippen molar-refractivity contribution in [2.45, 2.75) is 52.0 Å². The Labute approximate surface area is 86.5 Å². The largest absolute Gasteiger partial charge is 0.353 e. The van der Waals surface area contributed by atoms with Crippen LogP contribution in [0.15, 0.2) is 0 Å². The fraction of sp³-hybridized carbons (Fsp3) is 0.917. The SMILES string of the molecule is CC(C)CC1NC(=O)CC1C1CCC1. The van der Waals surface area contributed by atoms with Crippen LogP contribution in [0, 0.1) is 17.8 Å². The minimum absolute atomic E-state index is 0.285. The average molecular weight is 195 g/mol. The topological polar surface area (TPSA) is 29.1 Å². The highest BCUT2D eigenvalue weighted by atomic mass is 16.2. The summed E-state index contributed by atoms with van der Waals surface area (Å²) in [7, 11) is 0. The van der Waals surface area contributed by atoms with Crippen LogP contribution in [0.3, 0.4) is 0 Å². The van der Waals surface area contributed by atoms with Gasteiger partial charge in [-0.05, 0) is 24.2 Å². The summed E-state index contributed by atoms with van der Waals surface area (Å²) >= 11 is 0. The van der Waals surface area contributed by atoms with Crippen molar-refractivity contribution in [1.29, 1.82) is 0 Å². The summed E-state index contributed by atoms with van der Waals surface area (Å²) in [6.45, 7) is 4.48. The van der Waals surface area contributed by atoms with Crippen LogP contribution < -0.4 is 5.32 Å². The van der Waals surface area contributed by atoms with E-state index in [1.165, 1.54) is 19.3 Å². The van der Waals surface area contributed by atoms with E-state index >= 15 is 0 Å². The van der Waals surface area contributed by atoms with Crippen molar-refractivity contribution >= 4 is 5.91 Å². The van der Waals surface area contributed by atoms with Gasteiger partial charge in [-0.2, -0.15) is 0 Å². The lowest BCUT2D eigenvalue weighted by molar-refractivity contribution is -0.119. The molecule has 1 aliphatic carbocycles. The van der Waals surface area contributed by atoms with Crippen molar-refractivity contribution in [2.24, 2.45) is 17.8 Å². The number of amides is 1. The molecule has 1 amide bonds. The summed E-state index contributed by atoms with van der Waals surface area (Å²) in [5.74, 6) is 2.48. The molecule has 2 nitrogen and oxygen atoms in total. The molecule has 1 N–H and O–H groups in total. The second kappa shape index (κ2) is 3.92. The van der Waals surface area contributed by atoms with Crippen LogP contribution in [-0.4, -0.2) is 11.9 Å². The molecule has 0 bridgehead atoms. The quantitative estimate of drug-likeness (QED) is 0.735. The number of hydrogen-bond donors (Lipinski definition) is 1. The third-order valence-corrected chi connectivity index (χ3v) is 3.76. The lowest BCUT2D eigenvalue weighted by Crippen LogP contribution is -2.35. The first-order chi connectivity index (χ1) is 6.66. The molecule has 80 valence electrons. The minimum Gasteiger partial charge on any atom is -0.353 e. The number of rotatable bonds is 3. The molecule has 0 aromatic rings. The molecule has 2 rings (SSSR count). The smallest absolute Gasteiger partial charge is 0.220 e. The Morgan fingerprint density at radius 3 is 2.64 bits per heavy atom. The highest BCUT2D eigenvalue weighted by Crippen LogP contribution is 2.40. The van der Waals surface area contributed by atoms with Crippen molar-refractivity contribution in [3.63, 3.8) is 0 Å². The van der Waals surface area contributed by atoms with Crippen LogP contribution in [0.2, 0.25) is 0 Å². The monoisotopic (exact) mass is 195 g/mol. The van der Waals surface area contributed by atoms with Crippen LogP contribution in [0.1, 0.15) is 46.0 Å². The van der Waals surface area contributed by atoms with Gasteiger partial charge in [0.25, 0.3) is 0 Å². The third-order valence-electron chi connectivity index (χ3n) is 3.76. The molecule has 1 heterocycles. The number of nitrogens with one attached hydrogen (secondary N) is 1. The Hall–Kier alpha value is -0.530. The maximum atomic E-state index is 11.4. The van der Waals surface area contributed by atoms with E-state index in [1.807, 2.05) is 0 Å². The molecule has 1 saturated carbocycles. The zero-order valence-corrected chi connectivity index (χ0v) is 9.25. The van der Waals surface area contributed by atoms with Crippen molar-refractivity contribution in [2.75, 3.05) is 0 Å². The third kappa shape index (κ3) is 1.94. The molecule has 0 spiro atoms. The van der Waals surface area contributed by atoms with Crippen LogP contribution in [0.4, 0.5) is 0 Å². The van der Waals surface area contributed by atoms with Gasteiger partial charge in [-0.15, -0.1) is 0 Å². The van der Waals surface area contributed by atoms with Crippen LogP contribution in [0.5, 0.6) is 0 Å². The van der Waals surface area contributed by atoms with E-state index in [-0.39, 0.29) is 5.91 Å². The zero-order valence-electron chi connectivity index (χ0n) is 9.25. The second-order valence-corrected chi connectivity index (χ2v) is 5.36. The molecule has 1 saturated heterocycles. The molecule has 0 aromatic carbocycles. The van der Waals surface area contributed by atoms with Crippen molar-refractivity contribution in [3.05, 3.63) is 0 Å². The first-order valence-electron chi connectivity index (χ1n) is 5.96. The van der Waals surface area contributed by atoms with Crippen molar-refractivity contribution in [3.8, 4) is 0 Å². The maximum absolute atomic E-state index is 11.4. The standard InChI is InChI=1S/C12H21NO/c1-8(2)6-11-10(7-12(14)13-11)9-4-3-5-9/h8-11H,3-7H2,1-2H3,(H,13,14). The minimum atomic E-state index is 0.285. The van der Waals surface area contributed by atoms with E-state index in [4.69, 9.17) is 0 Å². The summed E-state index contributed by atoms with van der Waals surface area (Å²) in [5.41, 5.74) is 0. The molecule has 0 radical (unpaired) electrons. The molecular formula is C12H21NO. The second-order valence-electron chi connectivity index (χ2n) is 5.36.